The molecule has 0 aliphatic heterocycles. The maximum absolute atomic E-state index is 13.4. The van der Waals surface area contributed by atoms with Crippen LogP contribution < -0.4 is 11.1 Å². The minimum atomic E-state index is -0.529. The quantitative estimate of drug-likeness (QED) is 0.843. The number of nitrogens with two attached hydrogens (primary N) is 1. The van der Waals surface area contributed by atoms with E-state index in [1.54, 1.807) is 18.2 Å². The van der Waals surface area contributed by atoms with Crippen LogP contribution >= 0.6 is 0 Å². The average Bonchev–Trinajstić information content (AvgIpc) is 2.43. The highest BCUT2D eigenvalue weighted by molar-refractivity contribution is 5.99. The zero-order valence-electron chi connectivity index (χ0n) is 10.7. The Morgan fingerprint density at radius 2 is 1.90 bits per heavy atom. The highest BCUT2D eigenvalue weighted by Gasteiger charge is 2.10. The Balaban J connectivity index is 1.96. The number of carbonyl (C=O) groups is 1. The average molecular weight is 276 g/mol. The van der Waals surface area contributed by atoms with Crippen LogP contribution in [-0.2, 0) is 6.42 Å². The first-order valence-electron chi connectivity index (χ1n) is 6.14. The molecule has 0 atom stereocenters. The van der Waals surface area contributed by atoms with E-state index in [1.165, 1.54) is 18.2 Å². The smallest absolute Gasteiger partial charge is 0.253 e. The second-order valence-corrected chi connectivity index (χ2v) is 4.33. The molecule has 3 nitrogen and oxygen atoms in total. The van der Waals surface area contributed by atoms with Gasteiger partial charge in [0.2, 0.25) is 0 Å². The van der Waals surface area contributed by atoms with Gasteiger partial charge < -0.3 is 11.1 Å². The first-order chi connectivity index (χ1) is 9.58. The van der Waals surface area contributed by atoms with Gasteiger partial charge in [-0.15, -0.1) is 0 Å². The van der Waals surface area contributed by atoms with Gasteiger partial charge in [0, 0.05) is 12.2 Å². The number of nitrogens with one attached hydrogen (secondary N) is 1. The molecule has 3 N–H and O–H groups in total. The fraction of sp³-hybridized carbons (Fsp3) is 0.133. The summed E-state index contributed by atoms with van der Waals surface area (Å²) >= 11 is 0. The first kappa shape index (κ1) is 14.0. The van der Waals surface area contributed by atoms with Crippen LogP contribution in [0.5, 0.6) is 0 Å². The van der Waals surface area contributed by atoms with Crippen LogP contribution in [0.15, 0.2) is 42.5 Å². The summed E-state index contributed by atoms with van der Waals surface area (Å²) in [6.45, 7) is 0.246. The first-order valence-corrected chi connectivity index (χ1v) is 6.14. The number of halogens is 2. The molecule has 104 valence electrons. The summed E-state index contributed by atoms with van der Waals surface area (Å²) in [6.07, 6.45) is 0.355. The Morgan fingerprint density at radius 3 is 2.65 bits per heavy atom. The second-order valence-electron chi connectivity index (χ2n) is 4.33. The molecular formula is C15H14F2N2O. The van der Waals surface area contributed by atoms with Crippen LogP contribution in [-0.4, -0.2) is 12.5 Å². The predicted octanol–water partition coefficient (Wildman–Crippen LogP) is 2.52. The lowest BCUT2D eigenvalue weighted by Crippen LogP contribution is -2.26. The molecule has 2 rings (SSSR count). The molecule has 0 aliphatic rings. The van der Waals surface area contributed by atoms with Crippen molar-refractivity contribution in [1.82, 2.24) is 5.32 Å². The molecule has 2 aromatic carbocycles. The van der Waals surface area contributed by atoms with Gasteiger partial charge in [0.25, 0.3) is 5.91 Å². The van der Waals surface area contributed by atoms with Gasteiger partial charge in [-0.05, 0) is 36.2 Å². The molecule has 0 fully saturated rings. The van der Waals surface area contributed by atoms with Crippen LogP contribution in [0, 0.1) is 11.6 Å². The van der Waals surface area contributed by atoms with Crippen molar-refractivity contribution in [2.24, 2.45) is 0 Å². The zero-order chi connectivity index (χ0) is 14.5. The number of amides is 1. The molecule has 0 heterocycles. The van der Waals surface area contributed by atoms with Crippen LogP contribution in [0.2, 0.25) is 0 Å². The molecule has 0 aromatic heterocycles. The lowest BCUT2D eigenvalue weighted by Gasteiger charge is -2.08. The Bertz CT molecular complexity index is 629. The molecule has 0 saturated carbocycles. The Morgan fingerprint density at radius 1 is 1.15 bits per heavy atom. The molecule has 0 radical (unpaired) electrons. The third kappa shape index (κ3) is 3.32. The van der Waals surface area contributed by atoms with Gasteiger partial charge in [-0.25, -0.2) is 8.78 Å². The highest BCUT2D eigenvalue weighted by Crippen LogP contribution is 2.13. The summed E-state index contributed by atoms with van der Waals surface area (Å²) in [7, 11) is 0. The number of nitrogen functional groups attached to an aromatic ring is 1. The maximum Gasteiger partial charge on any atom is 0.253 e. The molecule has 0 bridgehead atoms. The van der Waals surface area contributed by atoms with Crippen molar-refractivity contribution in [2.75, 3.05) is 12.3 Å². The Labute approximate surface area is 115 Å². The molecular weight excluding hydrogens is 262 g/mol. The van der Waals surface area contributed by atoms with Crippen LogP contribution in [0.4, 0.5) is 14.5 Å². The SMILES string of the molecule is Nc1ccc(F)cc1C(=O)NCCc1ccccc1F. The van der Waals surface area contributed by atoms with Crippen LogP contribution in [0.1, 0.15) is 15.9 Å². The van der Waals surface area contributed by atoms with Crippen molar-refractivity contribution in [3.05, 3.63) is 65.2 Å². The van der Waals surface area contributed by atoms with E-state index in [1.807, 2.05) is 0 Å². The number of benzene rings is 2. The molecule has 0 aliphatic carbocycles. The van der Waals surface area contributed by atoms with E-state index in [0.717, 1.165) is 6.07 Å². The van der Waals surface area contributed by atoms with E-state index in [-0.39, 0.29) is 23.6 Å². The van der Waals surface area contributed by atoms with Gasteiger partial charge in [-0.1, -0.05) is 18.2 Å². The summed E-state index contributed by atoms with van der Waals surface area (Å²) in [5.41, 5.74) is 6.41. The minimum Gasteiger partial charge on any atom is -0.398 e. The van der Waals surface area contributed by atoms with Crippen molar-refractivity contribution in [3.63, 3.8) is 0 Å². The van der Waals surface area contributed by atoms with Crippen molar-refractivity contribution in [2.45, 2.75) is 6.42 Å². The number of anilines is 1. The lowest BCUT2D eigenvalue weighted by atomic mass is 10.1. The van der Waals surface area contributed by atoms with Gasteiger partial charge in [0.15, 0.2) is 0 Å². The number of hydrogen-bond donors (Lipinski definition) is 2. The standard InChI is InChI=1S/C15H14F2N2O/c16-11-5-6-14(18)12(9-11)15(20)19-8-7-10-3-1-2-4-13(10)17/h1-6,9H,7-8,18H2,(H,19,20). The van der Waals surface area contributed by atoms with E-state index >= 15 is 0 Å². The largest absolute Gasteiger partial charge is 0.398 e. The molecule has 5 heteroatoms. The predicted molar refractivity (Wildman–Crippen MR) is 73.2 cm³/mol. The molecule has 0 spiro atoms. The van der Waals surface area contributed by atoms with Crippen molar-refractivity contribution in [1.29, 1.82) is 0 Å². The fourth-order valence-corrected chi connectivity index (χ4v) is 1.83. The number of rotatable bonds is 4. The van der Waals surface area contributed by atoms with Gasteiger partial charge in [-0.2, -0.15) is 0 Å². The topological polar surface area (TPSA) is 55.1 Å². The monoisotopic (exact) mass is 276 g/mol. The minimum absolute atomic E-state index is 0.0820. The van der Waals surface area contributed by atoms with E-state index in [9.17, 15) is 13.6 Å². The Hall–Kier alpha value is -2.43. The van der Waals surface area contributed by atoms with Crippen LogP contribution in [0.3, 0.4) is 0 Å². The fourth-order valence-electron chi connectivity index (χ4n) is 1.83. The van der Waals surface area contributed by atoms with E-state index < -0.39 is 11.7 Å². The number of carbonyl (C=O) groups excluding carboxylic acids is 1. The summed E-state index contributed by atoms with van der Waals surface area (Å²) in [5, 5.41) is 2.59. The van der Waals surface area contributed by atoms with E-state index in [0.29, 0.717) is 12.0 Å². The van der Waals surface area contributed by atoms with Gasteiger partial charge >= 0.3 is 0 Å². The highest BCUT2D eigenvalue weighted by atomic mass is 19.1. The van der Waals surface area contributed by atoms with Gasteiger partial charge in [0.1, 0.15) is 11.6 Å². The summed E-state index contributed by atoms with van der Waals surface area (Å²) in [6, 6.07) is 9.94. The van der Waals surface area contributed by atoms with E-state index in [4.69, 9.17) is 5.73 Å². The van der Waals surface area contributed by atoms with Crippen LogP contribution in [0.25, 0.3) is 0 Å². The van der Waals surface area contributed by atoms with E-state index in [2.05, 4.69) is 5.32 Å². The molecule has 0 saturated heterocycles. The number of hydrogen-bond acceptors (Lipinski definition) is 2. The molecule has 20 heavy (non-hydrogen) atoms. The second kappa shape index (κ2) is 6.14. The van der Waals surface area contributed by atoms with Crippen molar-refractivity contribution in [3.8, 4) is 0 Å². The third-order valence-electron chi connectivity index (χ3n) is 2.90. The van der Waals surface area contributed by atoms with Gasteiger partial charge in [-0.3, -0.25) is 4.79 Å². The maximum atomic E-state index is 13.4. The van der Waals surface area contributed by atoms with Gasteiger partial charge in [0.05, 0.1) is 5.56 Å². The van der Waals surface area contributed by atoms with Crippen molar-refractivity contribution < 1.29 is 13.6 Å². The van der Waals surface area contributed by atoms with Crippen molar-refractivity contribution >= 4 is 11.6 Å². The summed E-state index contributed by atoms with van der Waals surface area (Å²) < 4.78 is 26.4. The summed E-state index contributed by atoms with van der Waals surface area (Å²) in [5.74, 6) is -1.32. The summed E-state index contributed by atoms with van der Waals surface area (Å²) in [4.78, 5) is 11.8. The zero-order valence-corrected chi connectivity index (χ0v) is 10.7. The molecule has 1 amide bonds. The molecule has 0 unspecified atom stereocenters. The normalized spacial score (nSPS) is 10.3. The molecule has 2 aromatic rings. The third-order valence-corrected chi connectivity index (χ3v) is 2.90. The Kier molecular flexibility index (Phi) is 4.30. The lowest BCUT2D eigenvalue weighted by molar-refractivity contribution is 0.0954.